The molecule has 0 spiro atoms. The van der Waals surface area contributed by atoms with Gasteiger partial charge in [-0.05, 0) is 43.0 Å². The number of hydrogen-bond acceptors (Lipinski definition) is 6. The SMILES string of the molecule is CC(C)c1cc(C(=O)N(C)c2cc(Oc3ccc4nc(NC(=O)C5CC5)cn4n3)ccc2F)n[nH]1. The number of nitrogens with zero attached hydrogens (tertiary/aromatic N) is 5. The van der Waals surface area contributed by atoms with Gasteiger partial charge < -0.3 is 15.0 Å². The standard InChI is InChI=1S/C24H24FN7O3/c1-13(2)17-11-18(29-28-17)24(34)31(3)19-10-15(6-7-16(19)25)35-22-9-8-21-26-20(12-32(21)30-22)27-23(33)14-4-5-14/h6-14H,4-5H2,1-3H3,(H,27,33)(H,28,29). The van der Waals surface area contributed by atoms with E-state index in [2.05, 4.69) is 25.6 Å². The summed E-state index contributed by atoms with van der Waals surface area (Å²) in [5.41, 5.74) is 1.58. The number of ether oxygens (including phenoxy) is 1. The Kier molecular flexibility index (Phi) is 5.67. The number of carbonyl (C=O) groups excluding carboxylic acids is 2. The van der Waals surface area contributed by atoms with Crippen LogP contribution < -0.4 is 15.0 Å². The van der Waals surface area contributed by atoms with Crippen LogP contribution in [0, 0.1) is 11.7 Å². The van der Waals surface area contributed by atoms with E-state index in [9.17, 15) is 14.0 Å². The van der Waals surface area contributed by atoms with Gasteiger partial charge in [0.05, 0.1) is 11.9 Å². The minimum absolute atomic E-state index is 0.0374. The number of benzene rings is 1. The van der Waals surface area contributed by atoms with Gasteiger partial charge in [0.2, 0.25) is 11.8 Å². The van der Waals surface area contributed by atoms with Crippen molar-refractivity contribution in [1.82, 2.24) is 24.8 Å². The number of fused-ring (bicyclic) bond motifs is 1. The number of hydrogen-bond donors (Lipinski definition) is 2. The van der Waals surface area contributed by atoms with Crippen LogP contribution in [0.25, 0.3) is 5.65 Å². The Balaban J connectivity index is 1.34. The normalized spacial score (nSPS) is 13.3. The van der Waals surface area contributed by atoms with Crippen LogP contribution in [0.4, 0.5) is 15.9 Å². The smallest absolute Gasteiger partial charge is 0.278 e. The Morgan fingerprint density at radius 1 is 1.23 bits per heavy atom. The van der Waals surface area contributed by atoms with Crippen LogP contribution in [0.5, 0.6) is 11.6 Å². The number of halogens is 1. The van der Waals surface area contributed by atoms with Crippen LogP contribution in [0.3, 0.4) is 0 Å². The molecule has 4 aromatic rings. The monoisotopic (exact) mass is 477 g/mol. The zero-order chi connectivity index (χ0) is 24.7. The molecule has 5 rings (SSSR count). The zero-order valence-corrected chi connectivity index (χ0v) is 19.4. The molecule has 0 saturated heterocycles. The summed E-state index contributed by atoms with van der Waals surface area (Å²) in [6.45, 7) is 3.96. The number of aromatic nitrogens is 5. The molecule has 10 nitrogen and oxygen atoms in total. The number of imidazole rings is 1. The molecule has 1 aliphatic rings. The van der Waals surface area contributed by atoms with Crippen molar-refractivity contribution >= 4 is 29.0 Å². The highest BCUT2D eigenvalue weighted by Gasteiger charge is 2.30. The Morgan fingerprint density at radius 2 is 2.03 bits per heavy atom. The molecule has 3 heterocycles. The van der Waals surface area contributed by atoms with Gasteiger partial charge in [0.1, 0.15) is 11.6 Å². The lowest BCUT2D eigenvalue weighted by molar-refractivity contribution is -0.117. The summed E-state index contributed by atoms with van der Waals surface area (Å²) in [5.74, 6) is 0.0936. The molecule has 1 fully saturated rings. The van der Waals surface area contributed by atoms with E-state index in [-0.39, 0.29) is 35.0 Å². The van der Waals surface area contributed by atoms with Crippen LogP contribution in [0.15, 0.2) is 42.6 Å². The van der Waals surface area contributed by atoms with Crippen LogP contribution in [-0.2, 0) is 4.79 Å². The number of nitrogens with one attached hydrogen (secondary N) is 2. The topological polar surface area (TPSA) is 118 Å². The van der Waals surface area contributed by atoms with Crippen LogP contribution in [-0.4, -0.2) is 43.7 Å². The summed E-state index contributed by atoms with van der Waals surface area (Å²) in [7, 11) is 1.47. The second-order valence-electron chi connectivity index (χ2n) is 8.81. The van der Waals surface area contributed by atoms with Crippen LogP contribution in [0.1, 0.15) is 48.8 Å². The molecule has 1 aliphatic carbocycles. The first kappa shape index (κ1) is 22.5. The van der Waals surface area contributed by atoms with Crippen LogP contribution in [0.2, 0.25) is 0 Å². The van der Waals surface area contributed by atoms with E-state index in [0.29, 0.717) is 17.2 Å². The molecule has 35 heavy (non-hydrogen) atoms. The minimum Gasteiger partial charge on any atom is -0.438 e. The molecular weight excluding hydrogens is 453 g/mol. The first-order valence-electron chi connectivity index (χ1n) is 11.3. The molecule has 1 aromatic carbocycles. The van der Waals surface area contributed by atoms with Crippen molar-refractivity contribution in [1.29, 1.82) is 0 Å². The molecular formula is C24H24FN7O3. The molecule has 180 valence electrons. The number of aromatic amines is 1. The predicted molar refractivity (Wildman–Crippen MR) is 126 cm³/mol. The highest BCUT2D eigenvalue weighted by atomic mass is 19.1. The van der Waals surface area contributed by atoms with Gasteiger partial charge in [0.25, 0.3) is 5.91 Å². The summed E-state index contributed by atoms with van der Waals surface area (Å²) in [4.78, 5) is 30.3. The third-order valence-electron chi connectivity index (χ3n) is 5.74. The predicted octanol–water partition coefficient (Wildman–Crippen LogP) is 4.13. The van der Waals surface area contributed by atoms with Gasteiger partial charge in [-0.15, -0.1) is 5.10 Å². The molecule has 0 bridgehead atoms. The molecule has 1 saturated carbocycles. The Bertz CT molecular complexity index is 1420. The maximum atomic E-state index is 14.6. The van der Waals surface area contributed by atoms with Crippen molar-refractivity contribution in [3.8, 4) is 11.6 Å². The maximum Gasteiger partial charge on any atom is 0.278 e. The van der Waals surface area contributed by atoms with Crippen molar-refractivity contribution in [2.45, 2.75) is 32.6 Å². The highest BCUT2D eigenvalue weighted by Crippen LogP contribution is 2.31. The summed E-state index contributed by atoms with van der Waals surface area (Å²) >= 11 is 0. The number of amides is 2. The lowest BCUT2D eigenvalue weighted by Crippen LogP contribution is -2.27. The summed E-state index contributed by atoms with van der Waals surface area (Å²) < 4.78 is 21.9. The van der Waals surface area contributed by atoms with Crippen molar-refractivity contribution in [3.05, 3.63) is 59.8 Å². The van der Waals surface area contributed by atoms with E-state index in [1.807, 2.05) is 13.8 Å². The van der Waals surface area contributed by atoms with E-state index in [4.69, 9.17) is 4.74 Å². The number of rotatable bonds is 7. The van der Waals surface area contributed by atoms with E-state index in [1.165, 1.54) is 34.7 Å². The van der Waals surface area contributed by atoms with Gasteiger partial charge in [-0.2, -0.15) is 5.10 Å². The Hall–Kier alpha value is -4.28. The number of anilines is 2. The van der Waals surface area contributed by atoms with E-state index in [0.717, 1.165) is 18.5 Å². The average molecular weight is 478 g/mol. The minimum atomic E-state index is -0.582. The largest absolute Gasteiger partial charge is 0.438 e. The second-order valence-corrected chi connectivity index (χ2v) is 8.81. The van der Waals surface area contributed by atoms with Crippen LogP contribution >= 0.6 is 0 Å². The van der Waals surface area contributed by atoms with E-state index >= 15 is 0 Å². The van der Waals surface area contributed by atoms with Crippen molar-refractivity contribution in [2.24, 2.45) is 5.92 Å². The molecule has 3 aromatic heterocycles. The van der Waals surface area contributed by atoms with Crippen molar-refractivity contribution in [2.75, 3.05) is 17.3 Å². The van der Waals surface area contributed by atoms with Gasteiger partial charge >= 0.3 is 0 Å². The average Bonchev–Trinajstić information content (AvgIpc) is 3.43. The van der Waals surface area contributed by atoms with Gasteiger partial charge in [-0.25, -0.2) is 13.9 Å². The fourth-order valence-electron chi connectivity index (χ4n) is 3.51. The Labute approximate surface area is 200 Å². The van der Waals surface area contributed by atoms with E-state index < -0.39 is 11.7 Å². The zero-order valence-electron chi connectivity index (χ0n) is 19.4. The van der Waals surface area contributed by atoms with Crippen molar-refractivity contribution < 1.29 is 18.7 Å². The highest BCUT2D eigenvalue weighted by molar-refractivity contribution is 6.04. The van der Waals surface area contributed by atoms with Crippen molar-refractivity contribution in [3.63, 3.8) is 0 Å². The third-order valence-corrected chi connectivity index (χ3v) is 5.74. The fourth-order valence-corrected chi connectivity index (χ4v) is 3.51. The summed E-state index contributed by atoms with van der Waals surface area (Å²) in [5, 5.41) is 14.0. The molecule has 0 unspecified atom stereocenters. The maximum absolute atomic E-state index is 14.6. The third kappa shape index (κ3) is 4.70. The van der Waals surface area contributed by atoms with Gasteiger partial charge in [-0.3, -0.25) is 14.7 Å². The first-order valence-corrected chi connectivity index (χ1v) is 11.3. The fraction of sp³-hybridized carbons (Fsp3) is 0.292. The molecule has 0 radical (unpaired) electrons. The Morgan fingerprint density at radius 3 is 2.74 bits per heavy atom. The molecule has 0 atom stereocenters. The van der Waals surface area contributed by atoms with Gasteiger partial charge in [0.15, 0.2) is 17.2 Å². The van der Waals surface area contributed by atoms with E-state index in [1.54, 1.807) is 24.4 Å². The second kappa shape index (κ2) is 8.82. The van der Waals surface area contributed by atoms with Gasteiger partial charge in [0, 0.05) is 30.8 Å². The summed E-state index contributed by atoms with van der Waals surface area (Å²) in [6, 6.07) is 9.06. The summed E-state index contributed by atoms with van der Waals surface area (Å²) in [6.07, 6.45) is 3.40. The lowest BCUT2D eigenvalue weighted by atomic mass is 10.1. The molecule has 2 amide bonds. The lowest BCUT2D eigenvalue weighted by Gasteiger charge is -2.18. The number of carbonyl (C=O) groups is 2. The molecule has 11 heteroatoms. The molecule has 0 aliphatic heterocycles. The number of H-pyrrole nitrogens is 1. The molecule has 2 N–H and O–H groups in total. The first-order chi connectivity index (χ1) is 16.8. The quantitative estimate of drug-likeness (QED) is 0.413. The van der Waals surface area contributed by atoms with Gasteiger partial charge in [-0.1, -0.05) is 13.8 Å².